The van der Waals surface area contributed by atoms with Gasteiger partial charge in [0.2, 0.25) is 0 Å². The molecule has 0 saturated carbocycles. The molecule has 0 amide bonds. The van der Waals surface area contributed by atoms with Crippen molar-refractivity contribution in [2.24, 2.45) is 0 Å². The zero-order chi connectivity index (χ0) is 14.0. The summed E-state index contributed by atoms with van der Waals surface area (Å²) in [5.41, 5.74) is 1.95. The third kappa shape index (κ3) is 3.52. The van der Waals surface area contributed by atoms with Gasteiger partial charge in [-0.3, -0.25) is 0 Å². The summed E-state index contributed by atoms with van der Waals surface area (Å²) in [6.07, 6.45) is -0.713. The van der Waals surface area contributed by atoms with Crippen molar-refractivity contribution in [3.8, 4) is 0 Å². The van der Waals surface area contributed by atoms with Crippen LogP contribution in [-0.2, 0) is 6.42 Å². The molecule has 1 N–H and O–H groups in total. The van der Waals surface area contributed by atoms with Gasteiger partial charge in [-0.2, -0.15) is 0 Å². The Morgan fingerprint density at radius 2 is 1.74 bits per heavy atom. The van der Waals surface area contributed by atoms with Gasteiger partial charge >= 0.3 is 0 Å². The van der Waals surface area contributed by atoms with Gasteiger partial charge in [-0.1, -0.05) is 17.7 Å². The van der Waals surface area contributed by atoms with Crippen molar-refractivity contribution in [2.75, 3.05) is 0 Å². The van der Waals surface area contributed by atoms with E-state index in [2.05, 4.69) is 0 Å². The lowest BCUT2D eigenvalue weighted by molar-refractivity contribution is 0.177. The van der Waals surface area contributed by atoms with Crippen LogP contribution in [0.5, 0.6) is 0 Å². The molecule has 0 saturated heterocycles. The standard InChI is InChI=1S/C15H13ClF2O/c1-9-2-3-11(16)7-14(9)15(19)6-10-4-12(17)8-13(18)5-10/h2-5,7-8,15,19H,6H2,1H3. The predicted octanol–water partition coefficient (Wildman–Crippen LogP) is 4.20. The molecule has 0 fully saturated rings. The second-order valence-corrected chi connectivity index (χ2v) is 4.93. The molecule has 0 radical (unpaired) electrons. The molecule has 19 heavy (non-hydrogen) atoms. The van der Waals surface area contributed by atoms with Gasteiger partial charge < -0.3 is 5.11 Å². The van der Waals surface area contributed by atoms with E-state index in [0.29, 0.717) is 16.1 Å². The lowest BCUT2D eigenvalue weighted by atomic mass is 9.97. The molecule has 2 aromatic carbocycles. The predicted molar refractivity (Wildman–Crippen MR) is 71.2 cm³/mol. The Hall–Kier alpha value is -1.45. The molecule has 1 nitrogen and oxygen atoms in total. The smallest absolute Gasteiger partial charge is 0.126 e. The number of hydrogen-bond acceptors (Lipinski definition) is 1. The summed E-state index contributed by atoms with van der Waals surface area (Å²) in [7, 11) is 0. The molecular formula is C15H13ClF2O. The van der Waals surface area contributed by atoms with Gasteiger partial charge in [0.15, 0.2) is 0 Å². The van der Waals surface area contributed by atoms with Crippen LogP contribution in [0, 0.1) is 18.6 Å². The van der Waals surface area contributed by atoms with Crippen LogP contribution < -0.4 is 0 Å². The second kappa shape index (κ2) is 5.68. The lowest BCUT2D eigenvalue weighted by Gasteiger charge is -2.14. The zero-order valence-corrected chi connectivity index (χ0v) is 11.1. The average Bonchev–Trinajstić information content (AvgIpc) is 2.30. The summed E-state index contributed by atoms with van der Waals surface area (Å²) in [4.78, 5) is 0. The molecule has 0 aliphatic rings. The Morgan fingerprint density at radius 3 is 2.37 bits per heavy atom. The molecule has 0 heterocycles. The Labute approximate surface area is 115 Å². The van der Waals surface area contributed by atoms with Crippen molar-refractivity contribution in [3.63, 3.8) is 0 Å². The van der Waals surface area contributed by atoms with E-state index in [1.165, 1.54) is 12.1 Å². The molecule has 100 valence electrons. The Bertz CT molecular complexity index is 578. The summed E-state index contributed by atoms with van der Waals surface area (Å²) in [6.45, 7) is 1.85. The number of hydrogen-bond donors (Lipinski definition) is 1. The molecular weight excluding hydrogens is 270 g/mol. The molecule has 2 rings (SSSR count). The molecule has 0 aromatic heterocycles. The first kappa shape index (κ1) is 14.0. The molecule has 2 aromatic rings. The van der Waals surface area contributed by atoms with Crippen molar-refractivity contribution >= 4 is 11.6 Å². The summed E-state index contributed by atoms with van der Waals surface area (Å²) in [5, 5.41) is 10.7. The first-order chi connectivity index (χ1) is 8.95. The lowest BCUT2D eigenvalue weighted by Crippen LogP contribution is -2.04. The highest BCUT2D eigenvalue weighted by molar-refractivity contribution is 6.30. The third-order valence-corrected chi connectivity index (χ3v) is 3.19. The molecule has 0 aliphatic carbocycles. The molecule has 1 atom stereocenters. The van der Waals surface area contributed by atoms with Gasteiger partial charge in [-0.25, -0.2) is 8.78 Å². The summed E-state index contributed by atoms with van der Waals surface area (Å²) < 4.78 is 26.2. The van der Waals surface area contributed by atoms with Gasteiger partial charge in [0.05, 0.1) is 6.10 Å². The van der Waals surface area contributed by atoms with Gasteiger partial charge in [-0.15, -0.1) is 0 Å². The number of aliphatic hydroxyl groups is 1. The van der Waals surface area contributed by atoms with Crippen LogP contribution in [0.3, 0.4) is 0 Å². The first-order valence-electron chi connectivity index (χ1n) is 5.85. The van der Waals surface area contributed by atoms with Gasteiger partial charge in [0.25, 0.3) is 0 Å². The van der Waals surface area contributed by atoms with Gasteiger partial charge in [0.1, 0.15) is 11.6 Å². The van der Waals surface area contributed by atoms with Crippen molar-refractivity contribution < 1.29 is 13.9 Å². The average molecular weight is 283 g/mol. The van der Waals surface area contributed by atoms with Crippen LogP contribution in [0.2, 0.25) is 5.02 Å². The molecule has 0 bridgehead atoms. The van der Waals surface area contributed by atoms with E-state index in [1.54, 1.807) is 18.2 Å². The normalized spacial score (nSPS) is 12.5. The fourth-order valence-electron chi connectivity index (χ4n) is 2.03. The topological polar surface area (TPSA) is 20.2 Å². The van der Waals surface area contributed by atoms with Crippen molar-refractivity contribution in [1.29, 1.82) is 0 Å². The largest absolute Gasteiger partial charge is 0.388 e. The minimum atomic E-state index is -0.847. The highest BCUT2D eigenvalue weighted by Gasteiger charge is 2.13. The number of aliphatic hydroxyl groups excluding tert-OH is 1. The highest BCUT2D eigenvalue weighted by Crippen LogP contribution is 2.25. The van der Waals surface area contributed by atoms with E-state index in [0.717, 1.165) is 11.6 Å². The van der Waals surface area contributed by atoms with E-state index in [9.17, 15) is 13.9 Å². The van der Waals surface area contributed by atoms with E-state index < -0.39 is 17.7 Å². The minimum absolute atomic E-state index is 0.135. The Balaban J connectivity index is 2.25. The van der Waals surface area contributed by atoms with Crippen LogP contribution >= 0.6 is 11.6 Å². The number of aryl methyl sites for hydroxylation is 1. The molecule has 0 aliphatic heterocycles. The summed E-state index contributed by atoms with van der Waals surface area (Å²) >= 11 is 5.88. The summed E-state index contributed by atoms with van der Waals surface area (Å²) in [5.74, 6) is -1.30. The maximum absolute atomic E-state index is 13.1. The fourth-order valence-corrected chi connectivity index (χ4v) is 2.21. The number of benzene rings is 2. The number of rotatable bonds is 3. The third-order valence-electron chi connectivity index (χ3n) is 2.95. The van der Waals surface area contributed by atoms with Crippen LogP contribution in [0.4, 0.5) is 8.78 Å². The van der Waals surface area contributed by atoms with Crippen LogP contribution in [0.25, 0.3) is 0 Å². The van der Waals surface area contributed by atoms with E-state index in [1.807, 2.05) is 6.92 Å². The molecule has 4 heteroatoms. The molecule has 1 unspecified atom stereocenters. The SMILES string of the molecule is Cc1ccc(Cl)cc1C(O)Cc1cc(F)cc(F)c1. The Kier molecular flexibility index (Phi) is 4.17. The first-order valence-corrected chi connectivity index (χ1v) is 6.22. The molecule has 0 spiro atoms. The van der Waals surface area contributed by atoms with E-state index >= 15 is 0 Å². The van der Waals surface area contributed by atoms with Gasteiger partial charge in [-0.05, 0) is 47.9 Å². The fraction of sp³-hybridized carbons (Fsp3) is 0.200. The quantitative estimate of drug-likeness (QED) is 0.894. The number of halogens is 3. The van der Waals surface area contributed by atoms with Crippen molar-refractivity contribution in [1.82, 2.24) is 0 Å². The summed E-state index contributed by atoms with van der Waals surface area (Å²) in [6, 6.07) is 8.43. The zero-order valence-electron chi connectivity index (χ0n) is 10.3. The Morgan fingerprint density at radius 1 is 1.11 bits per heavy atom. The van der Waals surface area contributed by atoms with Crippen LogP contribution in [0.1, 0.15) is 22.8 Å². The highest BCUT2D eigenvalue weighted by atomic mass is 35.5. The van der Waals surface area contributed by atoms with Crippen molar-refractivity contribution in [2.45, 2.75) is 19.4 Å². The minimum Gasteiger partial charge on any atom is -0.388 e. The van der Waals surface area contributed by atoms with Crippen LogP contribution in [-0.4, -0.2) is 5.11 Å². The maximum Gasteiger partial charge on any atom is 0.126 e. The van der Waals surface area contributed by atoms with E-state index in [4.69, 9.17) is 11.6 Å². The second-order valence-electron chi connectivity index (χ2n) is 4.50. The maximum atomic E-state index is 13.1. The van der Waals surface area contributed by atoms with Crippen molar-refractivity contribution in [3.05, 3.63) is 69.7 Å². The van der Waals surface area contributed by atoms with Crippen LogP contribution in [0.15, 0.2) is 36.4 Å². The van der Waals surface area contributed by atoms with Gasteiger partial charge in [0, 0.05) is 17.5 Å². The van der Waals surface area contributed by atoms with E-state index in [-0.39, 0.29) is 6.42 Å². The monoisotopic (exact) mass is 282 g/mol.